The highest BCUT2D eigenvalue weighted by Crippen LogP contribution is 2.37. The molecule has 34 heavy (non-hydrogen) atoms. The minimum atomic E-state index is -3.01. The number of methoxy groups -OCH3 is 1. The second-order valence-electron chi connectivity index (χ2n) is 8.66. The van der Waals surface area contributed by atoms with Gasteiger partial charge in [-0.2, -0.15) is 0 Å². The zero-order valence-corrected chi connectivity index (χ0v) is 20.1. The first-order valence-electron chi connectivity index (χ1n) is 11.4. The molecule has 1 saturated heterocycles. The van der Waals surface area contributed by atoms with Gasteiger partial charge >= 0.3 is 0 Å². The van der Waals surface area contributed by atoms with Crippen molar-refractivity contribution in [1.82, 2.24) is 14.6 Å². The highest BCUT2D eigenvalue weighted by molar-refractivity contribution is 7.90. The molecule has 9 nitrogen and oxygen atoms in total. The Balaban J connectivity index is 1.44. The van der Waals surface area contributed by atoms with Gasteiger partial charge in [0.15, 0.2) is 11.4 Å². The van der Waals surface area contributed by atoms with Gasteiger partial charge in [-0.15, -0.1) is 5.10 Å². The number of fused-ring (bicyclic) bond motifs is 2. The molecule has 1 atom stereocenters. The van der Waals surface area contributed by atoms with Crippen LogP contribution in [0.2, 0.25) is 0 Å². The first kappa shape index (κ1) is 22.7. The molecule has 10 heteroatoms. The summed E-state index contributed by atoms with van der Waals surface area (Å²) in [6.07, 6.45) is 5.60. The van der Waals surface area contributed by atoms with E-state index in [0.717, 1.165) is 36.0 Å². The number of nitrogens with zero attached hydrogens (tertiary/aromatic N) is 4. The van der Waals surface area contributed by atoms with Crippen molar-refractivity contribution in [2.45, 2.75) is 25.3 Å². The van der Waals surface area contributed by atoms with E-state index in [1.165, 1.54) is 6.26 Å². The van der Waals surface area contributed by atoms with Gasteiger partial charge in [0, 0.05) is 37.1 Å². The topological polar surface area (TPSA) is 99.2 Å². The molecule has 1 aliphatic heterocycles. The summed E-state index contributed by atoms with van der Waals surface area (Å²) in [7, 11) is -1.27. The maximum absolute atomic E-state index is 11.3. The molecule has 0 radical (unpaired) electrons. The van der Waals surface area contributed by atoms with Crippen LogP contribution in [-0.2, 0) is 14.6 Å². The number of imidazole rings is 1. The van der Waals surface area contributed by atoms with E-state index in [-0.39, 0.29) is 12.4 Å². The number of benzene rings is 1. The smallest absolute Gasteiger partial charge is 0.231 e. The molecule has 0 N–H and O–H groups in total. The summed E-state index contributed by atoms with van der Waals surface area (Å²) >= 11 is 0. The van der Waals surface area contributed by atoms with Crippen LogP contribution in [-0.4, -0.2) is 67.9 Å². The third-order valence-corrected chi connectivity index (χ3v) is 7.11. The fourth-order valence-corrected chi connectivity index (χ4v) is 5.18. The van der Waals surface area contributed by atoms with Gasteiger partial charge in [-0.1, -0.05) is 6.07 Å². The lowest BCUT2D eigenvalue weighted by atomic mass is 10.1. The lowest BCUT2D eigenvalue weighted by Gasteiger charge is -2.26. The third-order valence-electron chi connectivity index (χ3n) is 6.08. The largest absolute Gasteiger partial charge is 0.477 e. The van der Waals surface area contributed by atoms with Gasteiger partial charge in [-0.05, 0) is 43.5 Å². The molecule has 0 amide bonds. The van der Waals surface area contributed by atoms with E-state index < -0.39 is 9.84 Å². The molecular formula is C24H28N4O5S. The van der Waals surface area contributed by atoms with E-state index in [2.05, 4.69) is 21.0 Å². The summed E-state index contributed by atoms with van der Waals surface area (Å²) in [5.41, 5.74) is 3.33. The highest BCUT2D eigenvalue weighted by atomic mass is 32.2. The Morgan fingerprint density at radius 2 is 2.12 bits per heavy atom. The minimum Gasteiger partial charge on any atom is -0.477 e. The second-order valence-corrected chi connectivity index (χ2v) is 10.9. The molecule has 1 unspecified atom stereocenters. The summed E-state index contributed by atoms with van der Waals surface area (Å²) < 4.78 is 41.7. The molecule has 1 fully saturated rings. The molecule has 4 heterocycles. The van der Waals surface area contributed by atoms with Crippen LogP contribution in [0.3, 0.4) is 0 Å². The van der Waals surface area contributed by atoms with Gasteiger partial charge in [0.25, 0.3) is 0 Å². The molecule has 0 spiro atoms. The standard InChI is InChI=1S/C24H28N4O5S/c1-31-16-17-6-4-11-27(17)19-7-3-8-21-18(19)14-22(33-21)20-15-25-23-9-10-24(26-28(20)23)32-12-5-13-34(2,29)30/h3,7-10,14-15,17H,4-6,11-13,16H2,1-2H3. The number of hydrogen-bond donors (Lipinski definition) is 0. The Kier molecular flexibility index (Phi) is 6.18. The normalized spacial score (nSPS) is 16.6. The highest BCUT2D eigenvalue weighted by Gasteiger charge is 2.27. The summed E-state index contributed by atoms with van der Waals surface area (Å²) in [6.45, 7) is 1.96. The van der Waals surface area contributed by atoms with Crippen LogP contribution in [0.4, 0.5) is 5.69 Å². The number of aromatic nitrogens is 3. The molecule has 0 saturated carbocycles. The lowest BCUT2D eigenvalue weighted by molar-refractivity contribution is 0.181. The van der Waals surface area contributed by atoms with Gasteiger partial charge in [0.05, 0.1) is 31.2 Å². The summed E-state index contributed by atoms with van der Waals surface area (Å²) in [5, 5.41) is 5.59. The zero-order valence-electron chi connectivity index (χ0n) is 19.3. The van der Waals surface area contributed by atoms with Gasteiger partial charge < -0.3 is 18.8 Å². The SMILES string of the molecule is COCC1CCCN1c1cccc2oc(-c3cnc4ccc(OCCCS(C)(=O)=O)nn34)cc12. The second kappa shape index (κ2) is 9.27. The maximum atomic E-state index is 11.3. The van der Waals surface area contributed by atoms with Crippen molar-refractivity contribution in [2.24, 2.45) is 0 Å². The molecule has 1 aromatic carbocycles. The van der Waals surface area contributed by atoms with E-state index in [1.807, 2.05) is 24.3 Å². The van der Waals surface area contributed by atoms with Gasteiger partial charge in [-0.25, -0.2) is 17.9 Å². The molecule has 5 rings (SSSR count). The molecular weight excluding hydrogens is 456 g/mol. The average molecular weight is 485 g/mol. The van der Waals surface area contributed by atoms with Crippen LogP contribution in [0.5, 0.6) is 5.88 Å². The molecule has 1 aliphatic rings. The summed E-state index contributed by atoms with van der Waals surface area (Å²) in [6, 6.07) is 12.1. The Bertz CT molecular complexity index is 1410. The number of ether oxygens (including phenoxy) is 2. The molecule has 0 aliphatic carbocycles. The lowest BCUT2D eigenvalue weighted by Crippen LogP contribution is -2.32. The first-order chi connectivity index (χ1) is 16.4. The van der Waals surface area contributed by atoms with E-state index in [0.29, 0.717) is 42.1 Å². The number of furan rings is 1. The number of hydrogen-bond acceptors (Lipinski definition) is 8. The van der Waals surface area contributed by atoms with Crippen molar-refractivity contribution in [1.29, 1.82) is 0 Å². The van der Waals surface area contributed by atoms with Crippen LogP contribution in [0.25, 0.3) is 28.1 Å². The monoisotopic (exact) mass is 484 g/mol. The third kappa shape index (κ3) is 4.60. The number of sulfone groups is 1. The number of rotatable bonds is 9. The van der Waals surface area contributed by atoms with Gasteiger partial charge in [-0.3, -0.25) is 0 Å². The van der Waals surface area contributed by atoms with E-state index in [9.17, 15) is 8.42 Å². The average Bonchev–Trinajstić information content (AvgIpc) is 3.53. The quantitative estimate of drug-likeness (QED) is 0.333. The van der Waals surface area contributed by atoms with E-state index in [1.54, 1.807) is 23.9 Å². The molecule has 4 aromatic rings. The fraction of sp³-hybridized carbons (Fsp3) is 0.417. The first-order valence-corrected chi connectivity index (χ1v) is 13.4. The van der Waals surface area contributed by atoms with Crippen LogP contribution in [0.1, 0.15) is 19.3 Å². The van der Waals surface area contributed by atoms with Crippen LogP contribution in [0, 0.1) is 0 Å². The van der Waals surface area contributed by atoms with Crippen molar-refractivity contribution in [3.8, 4) is 17.3 Å². The van der Waals surface area contributed by atoms with Crippen molar-refractivity contribution < 1.29 is 22.3 Å². The van der Waals surface area contributed by atoms with Crippen LogP contribution >= 0.6 is 0 Å². The fourth-order valence-electron chi connectivity index (χ4n) is 4.54. The Morgan fingerprint density at radius 1 is 1.24 bits per heavy atom. The Labute approximate surface area is 198 Å². The Hall–Kier alpha value is -3.11. The predicted molar refractivity (Wildman–Crippen MR) is 130 cm³/mol. The molecule has 3 aromatic heterocycles. The van der Waals surface area contributed by atoms with Crippen molar-refractivity contribution in [3.63, 3.8) is 0 Å². The summed E-state index contributed by atoms with van der Waals surface area (Å²) in [5.74, 6) is 1.14. The molecule has 180 valence electrons. The predicted octanol–water partition coefficient (Wildman–Crippen LogP) is 3.57. The maximum Gasteiger partial charge on any atom is 0.231 e. The van der Waals surface area contributed by atoms with E-state index >= 15 is 0 Å². The molecule has 0 bridgehead atoms. The van der Waals surface area contributed by atoms with E-state index in [4.69, 9.17) is 13.9 Å². The zero-order chi connectivity index (χ0) is 23.7. The number of anilines is 1. The van der Waals surface area contributed by atoms with Gasteiger partial charge in [0.1, 0.15) is 21.1 Å². The van der Waals surface area contributed by atoms with Gasteiger partial charge in [0.2, 0.25) is 5.88 Å². The van der Waals surface area contributed by atoms with Crippen molar-refractivity contribution >= 4 is 32.1 Å². The summed E-state index contributed by atoms with van der Waals surface area (Å²) in [4.78, 5) is 6.85. The Morgan fingerprint density at radius 3 is 2.94 bits per heavy atom. The van der Waals surface area contributed by atoms with Crippen molar-refractivity contribution in [3.05, 3.63) is 42.6 Å². The minimum absolute atomic E-state index is 0.0785. The van der Waals surface area contributed by atoms with Crippen LogP contribution in [0.15, 0.2) is 47.0 Å². The van der Waals surface area contributed by atoms with Crippen LogP contribution < -0.4 is 9.64 Å². The van der Waals surface area contributed by atoms with Crippen molar-refractivity contribution in [2.75, 3.05) is 43.8 Å².